The highest BCUT2D eigenvalue weighted by Crippen LogP contribution is 2.41. The van der Waals surface area contributed by atoms with Crippen LogP contribution < -0.4 is 4.90 Å². The molecule has 4 aromatic rings. The first-order valence-electron chi connectivity index (χ1n) is 8.80. The Balaban J connectivity index is 1.83. The van der Waals surface area contributed by atoms with Crippen LogP contribution in [0.15, 0.2) is 60.7 Å². The molecule has 26 heavy (non-hydrogen) atoms. The van der Waals surface area contributed by atoms with E-state index in [1.807, 2.05) is 6.07 Å². The lowest BCUT2D eigenvalue weighted by molar-refractivity contribution is 0.590. The number of thiophene rings is 1. The number of nitrogens with zero attached hydrogens (tertiary/aromatic N) is 1. The Labute approximate surface area is 157 Å². The minimum absolute atomic E-state index is 0.139. The summed E-state index contributed by atoms with van der Waals surface area (Å²) in [7, 11) is 2.07. The summed E-state index contributed by atoms with van der Waals surface area (Å²) in [4.78, 5) is 2.18. The highest BCUT2D eigenvalue weighted by Gasteiger charge is 2.16. The first-order chi connectivity index (χ1) is 12.4. The van der Waals surface area contributed by atoms with Gasteiger partial charge in [0, 0.05) is 23.5 Å². The minimum Gasteiger partial charge on any atom is -0.343 e. The molecule has 0 spiro atoms. The van der Waals surface area contributed by atoms with Crippen LogP contribution in [-0.2, 0) is 5.41 Å². The summed E-state index contributed by atoms with van der Waals surface area (Å²) >= 11 is 1.53. The predicted octanol–water partition coefficient (Wildman–Crippen LogP) is 7.26. The van der Waals surface area contributed by atoms with Crippen molar-refractivity contribution in [2.45, 2.75) is 26.2 Å². The van der Waals surface area contributed by atoms with E-state index in [0.717, 1.165) is 31.5 Å². The van der Waals surface area contributed by atoms with E-state index in [-0.39, 0.29) is 11.2 Å². The van der Waals surface area contributed by atoms with E-state index in [0.29, 0.717) is 0 Å². The number of anilines is 2. The summed E-state index contributed by atoms with van der Waals surface area (Å²) < 4.78 is 16.1. The van der Waals surface area contributed by atoms with E-state index >= 15 is 0 Å². The lowest BCUT2D eigenvalue weighted by Crippen LogP contribution is -2.13. The molecule has 0 aliphatic heterocycles. The van der Waals surface area contributed by atoms with Gasteiger partial charge in [-0.15, -0.1) is 11.3 Å². The topological polar surface area (TPSA) is 3.24 Å². The second-order valence-electron chi connectivity index (χ2n) is 7.73. The number of halogens is 1. The van der Waals surface area contributed by atoms with Gasteiger partial charge in [0.05, 0.1) is 15.1 Å². The molecule has 3 heteroatoms. The fourth-order valence-corrected chi connectivity index (χ4v) is 4.61. The highest BCUT2D eigenvalue weighted by atomic mass is 32.1. The molecule has 3 aromatic carbocycles. The molecule has 0 atom stereocenters. The van der Waals surface area contributed by atoms with Gasteiger partial charge in [-0.2, -0.15) is 0 Å². The standard InChI is InChI=1S/C23H22FNS/c1-23(2,3)15-11-13-16(14-12-15)25(4)20-10-6-8-18-17-7-5-9-19(24)21(17)26-22(18)20/h5-14H,1-4H3. The molecule has 0 bridgehead atoms. The largest absolute Gasteiger partial charge is 0.343 e. The number of hydrogen-bond donors (Lipinski definition) is 0. The first-order valence-corrected chi connectivity index (χ1v) is 9.62. The van der Waals surface area contributed by atoms with Crippen molar-refractivity contribution in [2.75, 3.05) is 11.9 Å². The van der Waals surface area contributed by atoms with Crippen LogP contribution in [0.3, 0.4) is 0 Å². The van der Waals surface area contributed by atoms with Crippen LogP contribution in [0.1, 0.15) is 26.3 Å². The third kappa shape index (κ3) is 2.77. The Morgan fingerprint density at radius 2 is 1.42 bits per heavy atom. The first kappa shape index (κ1) is 17.0. The Hall–Kier alpha value is -2.39. The van der Waals surface area contributed by atoms with Gasteiger partial charge in [-0.25, -0.2) is 4.39 Å². The van der Waals surface area contributed by atoms with Crippen molar-refractivity contribution < 1.29 is 4.39 Å². The van der Waals surface area contributed by atoms with Crippen LogP contribution in [0.4, 0.5) is 15.8 Å². The summed E-state index contributed by atoms with van der Waals surface area (Å²) in [5.74, 6) is -0.146. The Bertz CT molecular complexity index is 1090. The van der Waals surface area contributed by atoms with E-state index in [1.165, 1.54) is 23.0 Å². The third-order valence-electron chi connectivity index (χ3n) is 4.94. The fourth-order valence-electron chi connectivity index (χ4n) is 3.36. The van der Waals surface area contributed by atoms with Gasteiger partial charge in [0.25, 0.3) is 0 Å². The zero-order chi connectivity index (χ0) is 18.5. The number of hydrogen-bond acceptors (Lipinski definition) is 2. The summed E-state index contributed by atoms with van der Waals surface area (Å²) in [5.41, 5.74) is 3.69. The number of rotatable bonds is 2. The maximum atomic E-state index is 14.2. The van der Waals surface area contributed by atoms with E-state index in [1.54, 1.807) is 6.07 Å². The monoisotopic (exact) mass is 363 g/mol. The third-order valence-corrected chi connectivity index (χ3v) is 6.19. The van der Waals surface area contributed by atoms with Crippen LogP contribution in [0.25, 0.3) is 20.2 Å². The molecule has 1 aromatic heterocycles. The summed E-state index contributed by atoms with van der Waals surface area (Å²) in [6.07, 6.45) is 0. The van der Waals surface area contributed by atoms with Gasteiger partial charge in [0.2, 0.25) is 0 Å². The molecule has 0 aliphatic carbocycles. The van der Waals surface area contributed by atoms with Crippen LogP contribution >= 0.6 is 11.3 Å². The second kappa shape index (κ2) is 6.10. The lowest BCUT2D eigenvalue weighted by atomic mass is 9.87. The van der Waals surface area contributed by atoms with Crippen molar-refractivity contribution in [3.63, 3.8) is 0 Å². The molecule has 132 valence electrons. The molecule has 0 N–H and O–H groups in total. The molecular formula is C23H22FNS. The van der Waals surface area contributed by atoms with Gasteiger partial charge < -0.3 is 4.90 Å². The van der Waals surface area contributed by atoms with Gasteiger partial charge in [-0.3, -0.25) is 0 Å². The fraction of sp³-hybridized carbons (Fsp3) is 0.217. The smallest absolute Gasteiger partial charge is 0.141 e. The summed E-state index contributed by atoms with van der Waals surface area (Å²) in [6.45, 7) is 6.66. The van der Waals surface area contributed by atoms with Crippen molar-refractivity contribution in [1.29, 1.82) is 0 Å². The van der Waals surface area contributed by atoms with Crippen molar-refractivity contribution in [2.24, 2.45) is 0 Å². The quantitative estimate of drug-likeness (QED) is 0.362. The molecule has 1 nitrogen and oxygen atoms in total. The van der Waals surface area contributed by atoms with Gasteiger partial charge in [0.1, 0.15) is 5.82 Å². The van der Waals surface area contributed by atoms with E-state index in [4.69, 9.17) is 0 Å². The maximum Gasteiger partial charge on any atom is 0.141 e. The van der Waals surface area contributed by atoms with Gasteiger partial charge >= 0.3 is 0 Å². The van der Waals surface area contributed by atoms with Gasteiger partial charge in [0.15, 0.2) is 0 Å². The molecule has 0 aliphatic rings. The van der Waals surface area contributed by atoms with Crippen molar-refractivity contribution >= 4 is 42.9 Å². The summed E-state index contributed by atoms with van der Waals surface area (Å²) in [6, 6.07) is 20.3. The molecule has 0 saturated heterocycles. The van der Waals surface area contributed by atoms with Crippen molar-refractivity contribution in [3.8, 4) is 0 Å². The van der Waals surface area contributed by atoms with Gasteiger partial charge in [-0.05, 0) is 35.2 Å². The maximum absolute atomic E-state index is 14.2. The normalized spacial score (nSPS) is 12.0. The minimum atomic E-state index is -0.146. The van der Waals surface area contributed by atoms with Crippen LogP contribution in [0.5, 0.6) is 0 Å². The second-order valence-corrected chi connectivity index (χ2v) is 8.75. The van der Waals surface area contributed by atoms with Gasteiger partial charge in [-0.1, -0.05) is 57.2 Å². The molecule has 0 saturated carbocycles. The average Bonchev–Trinajstić information content (AvgIpc) is 3.01. The molecule has 0 amide bonds. The zero-order valence-electron chi connectivity index (χ0n) is 15.5. The SMILES string of the molecule is CN(c1ccc(C(C)(C)C)cc1)c1cccc2c1sc1c(F)cccc12. The highest BCUT2D eigenvalue weighted by molar-refractivity contribution is 7.26. The van der Waals surface area contributed by atoms with Crippen molar-refractivity contribution in [3.05, 3.63) is 72.0 Å². The Morgan fingerprint density at radius 1 is 0.808 bits per heavy atom. The summed E-state index contributed by atoms with van der Waals surface area (Å²) in [5, 5.41) is 2.10. The van der Waals surface area contributed by atoms with E-state index in [2.05, 4.69) is 75.2 Å². The van der Waals surface area contributed by atoms with E-state index in [9.17, 15) is 4.39 Å². The predicted molar refractivity (Wildman–Crippen MR) is 112 cm³/mol. The molecule has 0 fully saturated rings. The Morgan fingerprint density at radius 3 is 2.08 bits per heavy atom. The van der Waals surface area contributed by atoms with E-state index < -0.39 is 0 Å². The molecular weight excluding hydrogens is 341 g/mol. The molecule has 1 heterocycles. The van der Waals surface area contributed by atoms with Crippen LogP contribution in [-0.4, -0.2) is 7.05 Å². The lowest BCUT2D eigenvalue weighted by Gasteiger charge is -2.23. The zero-order valence-corrected chi connectivity index (χ0v) is 16.3. The Kier molecular flexibility index (Phi) is 4.00. The molecule has 0 radical (unpaired) electrons. The molecule has 0 unspecified atom stereocenters. The van der Waals surface area contributed by atoms with Crippen LogP contribution in [0, 0.1) is 5.82 Å². The van der Waals surface area contributed by atoms with Crippen molar-refractivity contribution in [1.82, 2.24) is 0 Å². The molecule has 4 rings (SSSR count). The number of fused-ring (bicyclic) bond motifs is 3. The average molecular weight is 364 g/mol. The van der Waals surface area contributed by atoms with Crippen LogP contribution in [0.2, 0.25) is 0 Å². The number of benzene rings is 3.